The molecule has 0 saturated heterocycles. The second-order valence-corrected chi connectivity index (χ2v) is 4.64. The molecule has 2 N–H and O–H groups in total. The number of benzene rings is 1. The van der Waals surface area contributed by atoms with Crippen LogP contribution in [0.4, 0.5) is 0 Å². The number of carbonyl (C=O) groups is 1. The highest BCUT2D eigenvalue weighted by Crippen LogP contribution is 2.20. The van der Waals surface area contributed by atoms with E-state index in [9.17, 15) is 9.90 Å². The number of pyridine rings is 1. The molecule has 5 heteroatoms. The lowest BCUT2D eigenvalue weighted by Gasteiger charge is -2.17. The molecule has 0 bridgehead atoms. The summed E-state index contributed by atoms with van der Waals surface area (Å²) >= 11 is 0. The van der Waals surface area contributed by atoms with Crippen LogP contribution in [-0.4, -0.2) is 23.1 Å². The van der Waals surface area contributed by atoms with Crippen LogP contribution in [0.1, 0.15) is 35.3 Å². The van der Waals surface area contributed by atoms with Gasteiger partial charge in [0.05, 0.1) is 24.9 Å². The summed E-state index contributed by atoms with van der Waals surface area (Å²) in [5.41, 5.74) is 1.33. The lowest BCUT2D eigenvalue weighted by Crippen LogP contribution is -2.28. The molecule has 0 aliphatic rings. The third kappa shape index (κ3) is 3.72. The zero-order chi connectivity index (χ0) is 15.2. The number of rotatable bonds is 5. The van der Waals surface area contributed by atoms with E-state index in [0.29, 0.717) is 5.56 Å². The van der Waals surface area contributed by atoms with Crippen LogP contribution in [0.5, 0.6) is 11.5 Å². The highest BCUT2D eigenvalue weighted by molar-refractivity contribution is 5.94. The van der Waals surface area contributed by atoms with Crippen LogP contribution in [0.25, 0.3) is 0 Å². The molecule has 5 nitrogen and oxygen atoms in total. The van der Waals surface area contributed by atoms with Crippen molar-refractivity contribution < 1.29 is 14.6 Å². The largest absolute Gasteiger partial charge is 0.506 e. The van der Waals surface area contributed by atoms with Crippen LogP contribution < -0.4 is 10.1 Å². The molecule has 0 radical (unpaired) electrons. The number of nitrogens with one attached hydrogen (secondary N) is 1. The number of hydrogen-bond acceptors (Lipinski definition) is 4. The summed E-state index contributed by atoms with van der Waals surface area (Å²) in [6.45, 7) is 2.00. The molecule has 1 aromatic heterocycles. The van der Waals surface area contributed by atoms with Gasteiger partial charge in [-0.15, -0.1) is 0 Å². The average Bonchev–Trinajstić information content (AvgIpc) is 2.52. The van der Waals surface area contributed by atoms with Crippen molar-refractivity contribution in [2.24, 2.45) is 0 Å². The lowest BCUT2D eigenvalue weighted by molar-refractivity contribution is 0.0935. The van der Waals surface area contributed by atoms with Crippen molar-refractivity contribution in [1.29, 1.82) is 0 Å². The fourth-order valence-corrected chi connectivity index (χ4v) is 2.05. The zero-order valence-corrected chi connectivity index (χ0v) is 12.0. The number of carbonyl (C=O) groups excluding carboxylic acids is 1. The minimum Gasteiger partial charge on any atom is -0.506 e. The highest BCUT2D eigenvalue weighted by Gasteiger charge is 2.14. The molecular weight excluding hydrogens is 268 g/mol. The Bertz CT molecular complexity index is 611. The number of aromatic hydroxyl groups is 1. The molecule has 1 amide bonds. The summed E-state index contributed by atoms with van der Waals surface area (Å²) in [7, 11) is 1.61. The summed E-state index contributed by atoms with van der Waals surface area (Å²) in [5, 5.41) is 12.3. The standard InChI is InChI=1S/C16H18N2O3/c1-3-15(11-4-6-14(21-2)7-5-11)18-16(20)12-8-13(19)10-17-9-12/h4-10,15,19H,3H2,1-2H3,(H,18,20). The predicted octanol–water partition coefficient (Wildman–Crippen LogP) is 2.68. The predicted molar refractivity (Wildman–Crippen MR) is 79.4 cm³/mol. The number of amides is 1. The van der Waals surface area contributed by atoms with E-state index < -0.39 is 0 Å². The van der Waals surface area contributed by atoms with Crippen molar-refractivity contribution in [3.05, 3.63) is 53.9 Å². The molecule has 1 aromatic carbocycles. The van der Waals surface area contributed by atoms with Gasteiger partial charge in [0.25, 0.3) is 5.91 Å². The number of hydrogen-bond donors (Lipinski definition) is 2. The van der Waals surface area contributed by atoms with Crippen LogP contribution in [-0.2, 0) is 0 Å². The Labute approximate surface area is 123 Å². The van der Waals surface area contributed by atoms with Crippen molar-refractivity contribution in [3.63, 3.8) is 0 Å². The lowest BCUT2D eigenvalue weighted by atomic mass is 10.0. The highest BCUT2D eigenvalue weighted by atomic mass is 16.5. The maximum absolute atomic E-state index is 12.2. The zero-order valence-electron chi connectivity index (χ0n) is 12.0. The first-order valence-corrected chi connectivity index (χ1v) is 6.73. The quantitative estimate of drug-likeness (QED) is 0.886. The second-order valence-electron chi connectivity index (χ2n) is 4.64. The van der Waals surface area contributed by atoms with Gasteiger partial charge in [0.1, 0.15) is 11.5 Å². The van der Waals surface area contributed by atoms with E-state index in [1.807, 2.05) is 31.2 Å². The first kappa shape index (κ1) is 14.8. The Kier molecular flexibility index (Phi) is 4.77. The normalized spacial score (nSPS) is 11.7. The van der Waals surface area contributed by atoms with E-state index in [1.165, 1.54) is 18.5 Å². The fraction of sp³-hybridized carbons (Fsp3) is 0.250. The van der Waals surface area contributed by atoms with Crippen molar-refractivity contribution in [2.75, 3.05) is 7.11 Å². The minimum atomic E-state index is -0.263. The van der Waals surface area contributed by atoms with Crippen molar-refractivity contribution >= 4 is 5.91 Å². The maximum Gasteiger partial charge on any atom is 0.253 e. The molecular formula is C16H18N2O3. The number of nitrogens with zero attached hydrogens (tertiary/aromatic N) is 1. The molecule has 1 unspecified atom stereocenters. The Morgan fingerprint density at radius 2 is 2.05 bits per heavy atom. The Morgan fingerprint density at radius 1 is 1.33 bits per heavy atom. The Balaban J connectivity index is 2.12. The fourth-order valence-electron chi connectivity index (χ4n) is 2.05. The average molecular weight is 286 g/mol. The van der Waals surface area contributed by atoms with Crippen LogP contribution in [0.2, 0.25) is 0 Å². The molecule has 0 spiro atoms. The molecule has 1 atom stereocenters. The van der Waals surface area contributed by atoms with Crippen LogP contribution in [0.3, 0.4) is 0 Å². The third-order valence-electron chi connectivity index (χ3n) is 3.22. The van der Waals surface area contributed by atoms with Gasteiger partial charge in [-0.05, 0) is 30.2 Å². The number of methoxy groups -OCH3 is 1. The molecule has 21 heavy (non-hydrogen) atoms. The van der Waals surface area contributed by atoms with Gasteiger partial charge in [-0.1, -0.05) is 19.1 Å². The summed E-state index contributed by atoms with van der Waals surface area (Å²) in [6.07, 6.45) is 3.47. The summed E-state index contributed by atoms with van der Waals surface area (Å²) in [6, 6.07) is 8.86. The molecule has 1 heterocycles. The van der Waals surface area contributed by atoms with Gasteiger partial charge in [0, 0.05) is 6.20 Å². The number of aromatic nitrogens is 1. The van der Waals surface area contributed by atoms with E-state index >= 15 is 0 Å². The van der Waals surface area contributed by atoms with E-state index in [1.54, 1.807) is 7.11 Å². The summed E-state index contributed by atoms with van der Waals surface area (Å²) in [5.74, 6) is 0.485. The maximum atomic E-state index is 12.2. The Morgan fingerprint density at radius 3 is 2.62 bits per heavy atom. The van der Waals surface area contributed by atoms with Crippen molar-refractivity contribution in [2.45, 2.75) is 19.4 Å². The molecule has 0 fully saturated rings. The van der Waals surface area contributed by atoms with Gasteiger partial charge in [0.15, 0.2) is 0 Å². The van der Waals surface area contributed by atoms with Crippen LogP contribution in [0.15, 0.2) is 42.7 Å². The van der Waals surface area contributed by atoms with Gasteiger partial charge in [-0.3, -0.25) is 9.78 Å². The summed E-state index contributed by atoms with van der Waals surface area (Å²) in [4.78, 5) is 16.0. The van der Waals surface area contributed by atoms with Gasteiger partial charge in [-0.25, -0.2) is 0 Å². The van der Waals surface area contributed by atoms with Gasteiger partial charge < -0.3 is 15.2 Å². The van der Waals surface area contributed by atoms with Gasteiger partial charge in [0.2, 0.25) is 0 Å². The topological polar surface area (TPSA) is 71.5 Å². The van der Waals surface area contributed by atoms with Gasteiger partial charge >= 0.3 is 0 Å². The molecule has 0 aliphatic heterocycles. The smallest absolute Gasteiger partial charge is 0.253 e. The van der Waals surface area contributed by atoms with E-state index in [2.05, 4.69) is 10.3 Å². The SMILES string of the molecule is CCC(NC(=O)c1cncc(O)c1)c1ccc(OC)cc1. The monoisotopic (exact) mass is 286 g/mol. The van der Waals surface area contributed by atoms with Crippen molar-refractivity contribution in [1.82, 2.24) is 10.3 Å². The van der Waals surface area contributed by atoms with E-state index in [4.69, 9.17) is 4.74 Å². The third-order valence-corrected chi connectivity index (χ3v) is 3.22. The summed E-state index contributed by atoms with van der Waals surface area (Å²) < 4.78 is 5.12. The number of ether oxygens (including phenoxy) is 1. The van der Waals surface area contributed by atoms with Crippen LogP contribution >= 0.6 is 0 Å². The van der Waals surface area contributed by atoms with Crippen molar-refractivity contribution in [3.8, 4) is 11.5 Å². The van der Waals surface area contributed by atoms with Crippen LogP contribution in [0, 0.1) is 0 Å². The second kappa shape index (κ2) is 6.74. The molecule has 0 saturated carbocycles. The molecule has 0 aliphatic carbocycles. The molecule has 2 rings (SSSR count). The van der Waals surface area contributed by atoms with E-state index in [0.717, 1.165) is 17.7 Å². The molecule has 2 aromatic rings. The first-order chi connectivity index (χ1) is 10.1. The van der Waals surface area contributed by atoms with Gasteiger partial charge in [-0.2, -0.15) is 0 Å². The molecule has 110 valence electrons. The Hall–Kier alpha value is -2.56. The first-order valence-electron chi connectivity index (χ1n) is 6.73. The minimum absolute atomic E-state index is 0.0276. The van der Waals surface area contributed by atoms with E-state index in [-0.39, 0.29) is 17.7 Å².